The lowest BCUT2D eigenvalue weighted by Crippen LogP contribution is -2.14. The Balaban J connectivity index is 2.21. The number of hydrogen-bond donors (Lipinski definition) is 0. The molecule has 5 nitrogen and oxygen atoms in total. The molecule has 0 atom stereocenters. The van der Waals surface area contributed by atoms with Gasteiger partial charge in [0.05, 0.1) is 11.4 Å². The van der Waals surface area contributed by atoms with Gasteiger partial charge in [0.1, 0.15) is 28.6 Å². The summed E-state index contributed by atoms with van der Waals surface area (Å²) >= 11 is 0. The van der Waals surface area contributed by atoms with Gasteiger partial charge in [0.25, 0.3) is 0 Å². The van der Waals surface area contributed by atoms with Gasteiger partial charge in [0, 0.05) is 17.9 Å². The number of halogens is 3. The van der Waals surface area contributed by atoms with Crippen LogP contribution in [0, 0.1) is 17.5 Å². The highest BCUT2D eigenvalue weighted by Gasteiger charge is 2.18. The van der Waals surface area contributed by atoms with Crippen molar-refractivity contribution >= 4 is 9.84 Å². The van der Waals surface area contributed by atoms with Gasteiger partial charge in [-0.3, -0.25) is 0 Å². The Hall–Kier alpha value is -2.81. The first-order valence-corrected chi connectivity index (χ1v) is 8.73. The molecule has 25 heavy (non-hydrogen) atoms. The Bertz CT molecular complexity index is 1110. The molecule has 0 unspecified atom stereocenters. The molecule has 0 fully saturated rings. The number of sulfone groups is 1. The lowest BCUT2D eigenvalue weighted by Gasteiger charge is -2.08. The van der Waals surface area contributed by atoms with Crippen molar-refractivity contribution in [2.24, 2.45) is 0 Å². The van der Waals surface area contributed by atoms with E-state index in [0.29, 0.717) is 6.07 Å². The molecule has 0 spiro atoms. The minimum Gasteiger partial charge on any atom is -0.415 e. The van der Waals surface area contributed by atoms with Crippen molar-refractivity contribution in [3.8, 4) is 16.9 Å². The van der Waals surface area contributed by atoms with Crippen LogP contribution in [0.1, 0.15) is 0 Å². The number of aromatic nitrogens is 1. The van der Waals surface area contributed by atoms with Gasteiger partial charge in [-0.25, -0.2) is 31.0 Å². The molecular formula is C16H10F3NO4S. The molecule has 130 valence electrons. The lowest BCUT2D eigenvalue weighted by molar-refractivity contribution is 0.503. The first-order valence-electron chi connectivity index (χ1n) is 6.84. The van der Waals surface area contributed by atoms with Crippen molar-refractivity contribution in [1.29, 1.82) is 0 Å². The van der Waals surface area contributed by atoms with Gasteiger partial charge < -0.3 is 4.42 Å². The molecule has 9 heteroatoms. The van der Waals surface area contributed by atoms with Gasteiger partial charge >= 0.3 is 5.76 Å². The highest BCUT2D eigenvalue weighted by Crippen LogP contribution is 2.26. The number of nitrogens with zero attached hydrogens (tertiary/aromatic N) is 1. The first-order chi connectivity index (χ1) is 11.7. The average molecular weight is 369 g/mol. The van der Waals surface area contributed by atoms with Crippen LogP contribution in [0.25, 0.3) is 16.9 Å². The van der Waals surface area contributed by atoms with E-state index in [2.05, 4.69) is 0 Å². The smallest absolute Gasteiger partial charge is 0.415 e. The zero-order valence-corrected chi connectivity index (χ0v) is 13.5. The minimum absolute atomic E-state index is 0.00829. The fourth-order valence-electron chi connectivity index (χ4n) is 2.38. The molecule has 0 saturated heterocycles. The van der Waals surface area contributed by atoms with Crippen molar-refractivity contribution in [3.05, 3.63) is 70.7 Å². The summed E-state index contributed by atoms with van der Waals surface area (Å²) in [5.74, 6) is -3.78. The van der Waals surface area contributed by atoms with Gasteiger partial charge in [-0.2, -0.15) is 0 Å². The van der Waals surface area contributed by atoms with E-state index in [-0.39, 0.29) is 16.9 Å². The Labute approximate surface area is 139 Å². The third-order valence-electron chi connectivity index (χ3n) is 3.43. The standard InChI is InChI=1S/C16H10F3NO4S/c1-25(22,23)15-3-2-9(4-13(15)19)14-8-24-16(21)20(14)12-6-10(17)5-11(18)7-12/h2-8H,1H3. The van der Waals surface area contributed by atoms with Gasteiger partial charge in [-0.15, -0.1) is 0 Å². The van der Waals surface area contributed by atoms with Crippen molar-refractivity contribution in [2.75, 3.05) is 6.26 Å². The van der Waals surface area contributed by atoms with E-state index < -0.39 is 37.9 Å². The quantitative estimate of drug-likeness (QED) is 0.712. The lowest BCUT2D eigenvalue weighted by atomic mass is 10.1. The number of oxazole rings is 1. The summed E-state index contributed by atoms with van der Waals surface area (Å²) in [5, 5.41) is 0. The van der Waals surface area contributed by atoms with Crippen LogP contribution in [0.3, 0.4) is 0 Å². The van der Waals surface area contributed by atoms with E-state index in [9.17, 15) is 26.4 Å². The van der Waals surface area contributed by atoms with E-state index in [0.717, 1.165) is 41.4 Å². The molecule has 2 aromatic carbocycles. The molecule has 0 aliphatic carbocycles. The van der Waals surface area contributed by atoms with Crippen molar-refractivity contribution in [2.45, 2.75) is 4.90 Å². The van der Waals surface area contributed by atoms with Crippen molar-refractivity contribution in [3.63, 3.8) is 0 Å². The summed E-state index contributed by atoms with van der Waals surface area (Å²) in [4.78, 5) is 11.4. The SMILES string of the molecule is CS(=O)(=O)c1ccc(-c2coc(=O)n2-c2cc(F)cc(F)c2)cc1F. The van der Waals surface area contributed by atoms with Crippen molar-refractivity contribution < 1.29 is 26.0 Å². The molecule has 0 saturated carbocycles. The van der Waals surface area contributed by atoms with Crippen LogP contribution in [-0.4, -0.2) is 19.2 Å². The maximum absolute atomic E-state index is 14.1. The summed E-state index contributed by atoms with van der Waals surface area (Å²) in [6.45, 7) is 0. The number of benzene rings is 2. The molecular weight excluding hydrogens is 359 g/mol. The Morgan fingerprint density at radius 1 is 1.00 bits per heavy atom. The molecule has 0 amide bonds. The summed E-state index contributed by atoms with van der Waals surface area (Å²) in [5.41, 5.74) is -0.0479. The highest BCUT2D eigenvalue weighted by molar-refractivity contribution is 7.90. The summed E-state index contributed by atoms with van der Waals surface area (Å²) in [6, 6.07) is 5.64. The molecule has 3 aromatic rings. The third-order valence-corrected chi connectivity index (χ3v) is 4.56. The zero-order valence-electron chi connectivity index (χ0n) is 12.7. The summed E-state index contributed by atoms with van der Waals surface area (Å²) < 4.78 is 69.5. The monoisotopic (exact) mass is 369 g/mol. The highest BCUT2D eigenvalue weighted by atomic mass is 32.2. The molecule has 1 heterocycles. The van der Waals surface area contributed by atoms with E-state index in [1.165, 1.54) is 6.07 Å². The van der Waals surface area contributed by atoms with Crippen LogP contribution < -0.4 is 5.76 Å². The van der Waals surface area contributed by atoms with Gasteiger partial charge in [-0.05, 0) is 24.3 Å². The first kappa shape index (κ1) is 17.0. The molecule has 3 rings (SSSR count). The van der Waals surface area contributed by atoms with Gasteiger partial charge in [-0.1, -0.05) is 6.07 Å². The fourth-order valence-corrected chi connectivity index (χ4v) is 3.11. The van der Waals surface area contributed by atoms with Crippen LogP contribution >= 0.6 is 0 Å². The third kappa shape index (κ3) is 3.22. The molecule has 0 bridgehead atoms. The topological polar surface area (TPSA) is 69.3 Å². The molecule has 0 aliphatic heterocycles. The van der Waals surface area contributed by atoms with E-state index in [4.69, 9.17) is 4.42 Å². The second-order valence-corrected chi connectivity index (χ2v) is 7.25. The van der Waals surface area contributed by atoms with E-state index >= 15 is 0 Å². The van der Waals surface area contributed by atoms with E-state index in [1.54, 1.807) is 0 Å². The summed E-state index contributed by atoms with van der Waals surface area (Å²) in [7, 11) is -3.77. The maximum atomic E-state index is 14.1. The number of hydrogen-bond acceptors (Lipinski definition) is 4. The van der Waals surface area contributed by atoms with Crippen LogP contribution in [0.4, 0.5) is 13.2 Å². The summed E-state index contributed by atoms with van der Waals surface area (Å²) in [6.07, 6.45) is 1.84. The van der Waals surface area contributed by atoms with Crippen LogP contribution in [-0.2, 0) is 9.84 Å². The molecule has 1 aromatic heterocycles. The largest absolute Gasteiger partial charge is 0.424 e. The minimum atomic E-state index is -3.77. The maximum Gasteiger partial charge on any atom is 0.424 e. The van der Waals surface area contributed by atoms with Crippen LogP contribution in [0.5, 0.6) is 0 Å². The Morgan fingerprint density at radius 2 is 1.64 bits per heavy atom. The second-order valence-electron chi connectivity index (χ2n) is 5.27. The van der Waals surface area contributed by atoms with Crippen molar-refractivity contribution in [1.82, 2.24) is 4.57 Å². The van der Waals surface area contributed by atoms with Gasteiger partial charge in [0.2, 0.25) is 0 Å². The molecule has 0 N–H and O–H groups in total. The predicted octanol–water partition coefficient (Wildman–Crippen LogP) is 2.92. The average Bonchev–Trinajstić information content (AvgIpc) is 2.86. The van der Waals surface area contributed by atoms with E-state index in [1.807, 2.05) is 0 Å². The number of rotatable bonds is 3. The second kappa shape index (κ2) is 5.92. The van der Waals surface area contributed by atoms with Gasteiger partial charge in [0.15, 0.2) is 9.84 Å². The Kier molecular flexibility index (Phi) is 4.03. The Morgan fingerprint density at radius 3 is 2.20 bits per heavy atom. The molecule has 0 aliphatic rings. The zero-order chi connectivity index (χ0) is 18.4. The molecule has 0 radical (unpaired) electrons. The fraction of sp³-hybridized carbons (Fsp3) is 0.0625. The normalized spacial score (nSPS) is 11.7. The predicted molar refractivity (Wildman–Crippen MR) is 82.7 cm³/mol. The van der Waals surface area contributed by atoms with Crippen LogP contribution in [0.15, 0.2) is 56.8 Å². The van der Waals surface area contributed by atoms with Crippen LogP contribution in [0.2, 0.25) is 0 Å².